The van der Waals surface area contributed by atoms with Gasteiger partial charge in [-0.15, -0.1) is 0 Å². The first-order valence-corrected chi connectivity index (χ1v) is 7.98. The molecule has 0 aliphatic carbocycles. The molecule has 1 aromatic carbocycles. The number of nitrogens with one attached hydrogen (secondary N) is 1. The summed E-state index contributed by atoms with van der Waals surface area (Å²) in [6.07, 6.45) is 0. The zero-order chi connectivity index (χ0) is 16.4. The lowest BCUT2D eigenvalue weighted by molar-refractivity contribution is -0.918. The van der Waals surface area contributed by atoms with Crippen LogP contribution in [0.1, 0.15) is 11.1 Å². The summed E-state index contributed by atoms with van der Waals surface area (Å²) in [6.45, 7) is 7.04. The molecule has 0 unspecified atom stereocenters. The Morgan fingerprint density at radius 1 is 1.30 bits per heavy atom. The molecule has 1 aromatic heterocycles. The molecule has 1 saturated heterocycles. The molecule has 0 amide bonds. The Bertz CT molecular complexity index is 748. The summed E-state index contributed by atoms with van der Waals surface area (Å²) in [7, 11) is 0. The highest BCUT2D eigenvalue weighted by Gasteiger charge is 2.21. The van der Waals surface area contributed by atoms with Gasteiger partial charge in [-0.2, -0.15) is 0 Å². The van der Waals surface area contributed by atoms with Crippen molar-refractivity contribution >= 4 is 11.0 Å². The molecule has 0 saturated carbocycles. The highest BCUT2D eigenvalue weighted by atomic mass is 16.4. The Morgan fingerprint density at radius 3 is 2.74 bits per heavy atom. The second-order valence-electron chi connectivity index (χ2n) is 6.22. The molecular formula is C17H22N2O4. The van der Waals surface area contributed by atoms with Gasteiger partial charge < -0.3 is 19.5 Å². The summed E-state index contributed by atoms with van der Waals surface area (Å²) in [6, 6.07) is 4.78. The number of benzene rings is 1. The van der Waals surface area contributed by atoms with Gasteiger partial charge in [0, 0.05) is 36.7 Å². The molecule has 1 fully saturated rings. The molecule has 0 bridgehead atoms. The lowest BCUT2D eigenvalue weighted by atomic mass is 10.1. The third kappa shape index (κ3) is 3.55. The molecule has 124 valence electrons. The maximum Gasteiger partial charge on any atom is 0.336 e. The van der Waals surface area contributed by atoms with Crippen LogP contribution in [0.3, 0.4) is 0 Å². The average Bonchev–Trinajstić information content (AvgIpc) is 2.48. The van der Waals surface area contributed by atoms with Crippen molar-refractivity contribution in [3.63, 3.8) is 0 Å². The van der Waals surface area contributed by atoms with Crippen LogP contribution in [0.15, 0.2) is 27.4 Å². The Hall–Kier alpha value is -1.89. The molecule has 0 atom stereocenters. The first kappa shape index (κ1) is 16.0. The van der Waals surface area contributed by atoms with E-state index in [-0.39, 0.29) is 12.4 Å². The van der Waals surface area contributed by atoms with Crippen LogP contribution in [-0.4, -0.2) is 49.3 Å². The summed E-state index contributed by atoms with van der Waals surface area (Å²) in [5, 5.41) is 21.8. The molecule has 23 heavy (non-hydrogen) atoms. The minimum Gasteiger partial charge on any atom is -0.872 e. The summed E-state index contributed by atoms with van der Waals surface area (Å²) >= 11 is 0. The van der Waals surface area contributed by atoms with Crippen LogP contribution in [-0.2, 0) is 6.54 Å². The minimum absolute atomic E-state index is 0.0860. The van der Waals surface area contributed by atoms with E-state index in [9.17, 15) is 9.90 Å². The molecule has 0 radical (unpaired) electrons. The van der Waals surface area contributed by atoms with Crippen molar-refractivity contribution in [2.75, 3.05) is 39.3 Å². The Labute approximate surface area is 134 Å². The van der Waals surface area contributed by atoms with Gasteiger partial charge in [-0.05, 0) is 18.6 Å². The molecular weight excluding hydrogens is 296 g/mol. The molecule has 1 aliphatic rings. The van der Waals surface area contributed by atoms with E-state index in [0.29, 0.717) is 24.1 Å². The molecule has 2 heterocycles. The van der Waals surface area contributed by atoms with Gasteiger partial charge in [-0.3, -0.25) is 4.90 Å². The predicted octanol–water partition coefficient (Wildman–Crippen LogP) is -1.13. The predicted molar refractivity (Wildman–Crippen MR) is 84.6 cm³/mol. The number of rotatable bonds is 4. The molecule has 6 nitrogen and oxygen atoms in total. The third-order valence-corrected chi connectivity index (χ3v) is 4.45. The van der Waals surface area contributed by atoms with Crippen molar-refractivity contribution < 1.29 is 19.5 Å². The van der Waals surface area contributed by atoms with E-state index in [0.717, 1.165) is 37.3 Å². The number of aliphatic hydroxyl groups excluding tert-OH is 1. The van der Waals surface area contributed by atoms with Crippen molar-refractivity contribution in [1.82, 2.24) is 4.90 Å². The second-order valence-corrected chi connectivity index (χ2v) is 6.22. The van der Waals surface area contributed by atoms with Crippen LogP contribution in [0.2, 0.25) is 0 Å². The van der Waals surface area contributed by atoms with E-state index >= 15 is 0 Å². The van der Waals surface area contributed by atoms with Gasteiger partial charge in [0.2, 0.25) is 0 Å². The largest absolute Gasteiger partial charge is 0.872 e. The number of hydrogen-bond donors (Lipinski definition) is 2. The lowest BCUT2D eigenvalue weighted by Crippen LogP contribution is -3.13. The maximum absolute atomic E-state index is 12.3. The van der Waals surface area contributed by atoms with E-state index in [4.69, 9.17) is 9.52 Å². The number of hydrogen-bond acceptors (Lipinski definition) is 5. The normalized spacial score (nSPS) is 17.0. The van der Waals surface area contributed by atoms with Gasteiger partial charge in [-0.25, -0.2) is 4.79 Å². The summed E-state index contributed by atoms with van der Waals surface area (Å²) in [4.78, 5) is 15.4. The summed E-state index contributed by atoms with van der Waals surface area (Å²) in [5.74, 6) is -0.0860. The van der Waals surface area contributed by atoms with Gasteiger partial charge in [0.1, 0.15) is 12.1 Å². The topological polar surface area (TPSA) is 81.2 Å². The number of aliphatic hydroxyl groups is 1. The average molecular weight is 318 g/mol. The molecule has 0 spiro atoms. The van der Waals surface area contributed by atoms with Gasteiger partial charge >= 0.3 is 5.63 Å². The van der Waals surface area contributed by atoms with E-state index in [1.807, 2.05) is 6.92 Å². The van der Waals surface area contributed by atoms with Crippen LogP contribution in [0, 0.1) is 6.92 Å². The van der Waals surface area contributed by atoms with Crippen molar-refractivity contribution in [2.45, 2.75) is 13.5 Å². The Morgan fingerprint density at radius 2 is 2.04 bits per heavy atom. The third-order valence-electron chi connectivity index (χ3n) is 4.45. The summed E-state index contributed by atoms with van der Waals surface area (Å²) in [5.41, 5.74) is 1.55. The quantitative estimate of drug-likeness (QED) is 0.697. The fourth-order valence-corrected chi connectivity index (χ4v) is 3.29. The van der Waals surface area contributed by atoms with Gasteiger partial charge in [-0.1, -0.05) is 11.8 Å². The zero-order valence-electron chi connectivity index (χ0n) is 13.3. The van der Waals surface area contributed by atoms with Crippen LogP contribution < -0.4 is 15.6 Å². The van der Waals surface area contributed by atoms with Crippen LogP contribution in [0.5, 0.6) is 5.75 Å². The monoisotopic (exact) mass is 318 g/mol. The van der Waals surface area contributed by atoms with Crippen LogP contribution >= 0.6 is 0 Å². The minimum atomic E-state index is -0.407. The molecule has 2 N–H and O–H groups in total. The first-order chi connectivity index (χ1) is 11.1. The van der Waals surface area contributed by atoms with Gasteiger partial charge in [0.25, 0.3) is 0 Å². The number of quaternary nitrogens is 1. The van der Waals surface area contributed by atoms with Crippen molar-refractivity contribution in [1.29, 1.82) is 0 Å². The number of aryl methyl sites for hydroxylation is 1. The zero-order valence-corrected chi connectivity index (χ0v) is 13.3. The lowest BCUT2D eigenvalue weighted by Gasteiger charge is -2.32. The van der Waals surface area contributed by atoms with Crippen LogP contribution in [0.4, 0.5) is 0 Å². The van der Waals surface area contributed by atoms with Crippen LogP contribution in [0.25, 0.3) is 11.0 Å². The smallest absolute Gasteiger partial charge is 0.336 e. The van der Waals surface area contributed by atoms with E-state index < -0.39 is 5.63 Å². The molecule has 2 aromatic rings. The highest BCUT2D eigenvalue weighted by molar-refractivity contribution is 5.86. The Balaban J connectivity index is 1.85. The van der Waals surface area contributed by atoms with Crippen molar-refractivity contribution in [2.24, 2.45) is 0 Å². The van der Waals surface area contributed by atoms with Crippen molar-refractivity contribution in [3.8, 4) is 5.75 Å². The van der Waals surface area contributed by atoms with E-state index in [2.05, 4.69) is 4.90 Å². The molecule has 3 rings (SSSR count). The maximum atomic E-state index is 12.3. The fraction of sp³-hybridized carbons (Fsp3) is 0.471. The second kappa shape index (κ2) is 6.70. The molecule has 1 aliphatic heterocycles. The first-order valence-electron chi connectivity index (χ1n) is 7.98. The molecule has 6 heteroatoms. The highest BCUT2D eigenvalue weighted by Crippen LogP contribution is 2.26. The van der Waals surface area contributed by atoms with E-state index in [1.165, 1.54) is 11.0 Å². The van der Waals surface area contributed by atoms with Crippen molar-refractivity contribution in [3.05, 3.63) is 39.7 Å². The number of fused-ring (bicyclic) bond motifs is 1. The number of piperazine rings is 1. The Kier molecular flexibility index (Phi) is 4.66. The summed E-state index contributed by atoms with van der Waals surface area (Å²) < 4.78 is 5.20. The standard InChI is InChI=1S/C17H22N2O4/c1-12-8-14(21)17-13(10-16(22)23-15(17)9-12)11-19-4-2-18(3-5-19)6-7-20/h8-10,20-21H,2-7,11H2,1H3. The van der Waals surface area contributed by atoms with E-state index in [1.54, 1.807) is 12.1 Å². The number of β-amino-alcohol motifs (C(OH)–C–C–N with tert-alkyl or cyclic N) is 1. The van der Waals surface area contributed by atoms with Gasteiger partial charge in [0.05, 0.1) is 19.7 Å². The number of nitrogens with zero attached hydrogens (tertiary/aromatic N) is 1. The fourth-order valence-electron chi connectivity index (χ4n) is 3.29. The van der Waals surface area contributed by atoms with Gasteiger partial charge in [0.15, 0.2) is 0 Å². The SMILES string of the molecule is Cc1cc([O-])c2c(C[NH+]3CCN(CCO)CC3)cc(=O)oc2c1.